The number of aromatic carboxylic acids is 2. The topological polar surface area (TPSA) is 143 Å². The third-order valence-electron chi connectivity index (χ3n) is 4.24. The van der Waals surface area contributed by atoms with Gasteiger partial charge in [-0.15, -0.1) is 0 Å². The third-order valence-corrected chi connectivity index (χ3v) is 4.24. The molecule has 0 spiro atoms. The van der Waals surface area contributed by atoms with Gasteiger partial charge in [-0.3, -0.25) is 4.79 Å². The Morgan fingerprint density at radius 1 is 0.964 bits per heavy atom. The molecule has 1 aromatic heterocycles. The summed E-state index contributed by atoms with van der Waals surface area (Å²) in [5.41, 5.74) is 4.88. The van der Waals surface area contributed by atoms with Gasteiger partial charge >= 0.3 is 11.9 Å². The van der Waals surface area contributed by atoms with E-state index in [4.69, 9.17) is 10.5 Å². The van der Waals surface area contributed by atoms with E-state index in [1.54, 1.807) is 42.5 Å². The number of carboxylic acids is 2. The summed E-state index contributed by atoms with van der Waals surface area (Å²) in [4.78, 5) is 37.7. The highest BCUT2D eigenvalue weighted by atomic mass is 16.5. The van der Waals surface area contributed by atoms with E-state index < -0.39 is 34.4 Å². The summed E-state index contributed by atoms with van der Waals surface area (Å²) >= 11 is 0. The van der Waals surface area contributed by atoms with Gasteiger partial charge in [0.05, 0.1) is 7.11 Å². The summed E-state index contributed by atoms with van der Waals surface area (Å²) in [5, 5.41) is 19.1. The molecule has 0 unspecified atom stereocenters. The molecule has 1 heterocycles. The van der Waals surface area contributed by atoms with Crippen molar-refractivity contribution in [1.29, 1.82) is 0 Å². The van der Waals surface area contributed by atoms with Gasteiger partial charge < -0.3 is 25.7 Å². The maximum absolute atomic E-state index is 12.2. The van der Waals surface area contributed by atoms with Crippen molar-refractivity contribution in [2.75, 3.05) is 12.8 Å². The van der Waals surface area contributed by atoms with Crippen molar-refractivity contribution >= 4 is 17.8 Å². The molecular formula is C20H16N2O6. The van der Waals surface area contributed by atoms with E-state index in [-0.39, 0.29) is 11.1 Å². The van der Waals surface area contributed by atoms with Crippen LogP contribution in [0.25, 0.3) is 22.3 Å². The number of benzene rings is 2. The number of nitrogens with two attached hydrogens (primary N) is 1. The number of carboxylic acid groups (broad SMARTS) is 2. The normalized spacial score (nSPS) is 10.5. The summed E-state index contributed by atoms with van der Waals surface area (Å²) in [6.45, 7) is 0. The van der Waals surface area contributed by atoms with Crippen LogP contribution in [0.3, 0.4) is 0 Å². The average Bonchev–Trinajstić information content (AvgIpc) is 2.66. The Morgan fingerprint density at radius 3 is 2.25 bits per heavy atom. The minimum Gasteiger partial charge on any atom is -0.496 e. The van der Waals surface area contributed by atoms with E-state index in [0.717, 1.165) is 5.56 Å². The number of ether oxygens (including phenoxy) is 1. The molecular weight excluding hydrogens is 364 g/mol. The van der Waals surface area contributed by atoms with Crippen molar-refractivity contribution in [3.05, 3.63) is 70.0 Å². The van der Waals surface area contributed by atoms with Crippen LogP contribution in [0.2, 0.25) is 0 Å². The Balaban J connectivity index is 2.35. The van der Waals surface area contributed by atoms with Gasteiger partial charge in [-0.25, -0.2) is 9.59 Å². The SMILES string of the molecule is COc1ccccc1-c1cccc(-c2c(C(=O)O)c(N)[nH]c(=O)c2C(=O)O)c1. The molecule has 3 aromatic rings. The molecule has 0 bridgehead atoms. The number of rotatable bonds is 5. The molecule has 0 aliphatic carbocycles. The van der Waals surface area contributed by atoms with Crippen LogP contribution in [0, 0.1) is 0 Å². The van der Waals surface area contributed by atoms with Crippen LogP contribution >= 0.6 is 0 Å². The molecule has 3 rings (SSSR count). The highest BCUT2D eigenvalue weighted by Gasteiger charge is 2.26. The number of nitrogen functional groups attached to an aromatic ring is 1. The van der Waals surface area contributed by atoms with Crippen molar-refractivity contribution < 1.29 is 24.5 Å². The summed E-state index contributed by atoms with van der Waals surface area (Å²) in [5.74, 6) is -2.84. The molecule has 2 aromatic carbocycles. The molecule has 0 saturated carbocycles. The largest absolute Gasteiger partial charge is 0.496 e. The summed E-state index contributed by atoms with van der Waals surface area (Å²) in [6.07, 6.45) is 0. The molecule has 0 amide bonds. The van der Waals surface area contributed by atoms with E-state index in [2.05, 4.69) is 4.98 Å². The van der Waals surface area contributed by atoms with E-state index in [1.165, 1.54) is 13.2 Å². The van der Waals surface area contributed by atoms with Crippen LogP contribution in [0.4, 0.5) is 5.82 Å². The second-order valence-electron chi connectivity index (χ2n) is 5.88. The zero-order chi connectivity index (χ0) is 20.4. The fourth-order valence-electron chi connectivity index (χ4n) is 3.06. The van der Waals surface area contributed by atoms with Crippen molar-refractivity contribution in [2.24, 2.45) is 0 Å². The molecule has 0 aliphatic rings. The summed E-state index contributed by atoms with van der Waals surface area (Å²) in [7, 11) is 1.52. The molecule has 0 saturated heterocycles. The fourth-order valence-corrected chi connectivity index (χ4v) is 3.06. The maximum atomic E-state index is 12.2. The molecule has 5 N–H and O–H groups in total. The number of aromatic amines is 1. The van der Waals surface area contributed by atoms with Gasteiger partial charge in [0, 0.05) is 11.1 Å². The number of para-hydroxylation sites is 1. The fraction of sp³-hybridized carbons (Fsp3) is 0.0500. The molecule has 0 fully saturated rings. The van der Waals surface area contributed by atoms with Gasteiger partial charge in [-0.1, -0.05) is 36.4 Å². The van der Waals surface area contributed by atoms with E-state index in [1.807, 2.05) is 0 Å². The summed E-state index contributed by atoms with van der Waals surface area (Å²) in [6, 6.07) is 13.7. The molecule has 142 valence electrons. The minimum atomic E-state index is -1.55. The lowest BCUT2D eigenvalue weighted by atomic mass is 9.92. The smallest absolute Gasteiger partial charge is 0.342 e. The predicted octanol–water partition coefficient (Wildman–Crippen LogP) is 2.70. The zero-order valence-corrected chi connectivity index (χ0v) is 14.7. The van der Waals surface area contributed by atoms with Crippen molar-refractivity contribution in [1.82, 2.24) is 4.98 Å². The van der Waals surface area contributed by atoms with Crippen LogP contribution < -0.4 is 16.0 Å². The van der Waals surface area contributed by atoms with E-state index >= 15 is 0 Å². The number of aromatic nitrogens is 1. The average molecular weight is 380 g/mol. The molecule has 8 nitrogen and oxygen atoms in total. The Hall–Kier alpha value is -4.07. The molecule has 0 atom stereocenters. The predicted molar refractivity (Wildman–Crippen MR) is 103 cm³/mol. The standard InChI is InChI=1S/C20H16N2O6/c1-28-13-8-3-2-7-12(13)10-5-4-6-11(9-10)14-15(19(24)25)17(21)22-18(23)16(14)20(26)27/h2-9H,1H3,(H,24,25)(H,26,27)(H3,21,22,23). The Labute approximate surface area is 158 Å². The number of anilines is 1. The first-order valence-corrected chi connectivity index (χ1v) is 8.11. The monoisotopic (exact) mass is 380 g/mol. The second kappa shape index (κ2) is 7.28. The minimum absolute atomic E-state index is 0.232. The van der Waals surface area contributed by atoms with Gasteiger partial charge in [-0.05, 0) is 23.3 Å². The van der Waals surface area contributed by atoms with Crippen molar-refractivity contribution in [2.45, 2.75) is 0 Å². The van der Waals surface area contributed by atoms with Crippen molar-refractivity contribution in [3.63, 3.8) is 0 Å². The quantitative estimate of drug-likeness (QED) is 0.533. The van der Waals surface area contributed by atoms with E-state index in [9.17, 15) is 24.6 Å². The number of pyridine rings is 1. The lowest BCUT2D eigenvalue weighted by molar-refractivity contribution is 0.0695. The number of carbonyl (C=O) groups is 2. The highest BCUT2D eigenvalue weighted by Crippen LogP contribution is 2.35. The van der Waals surface area contributed by atoms with Gasteiger partial charge in [-0.2, -0.15) is 0 Å². The number of hydrogen-bond acceptors (Lipinski definition) is 5. The molecule has 0 aliphatic heterocycles. The number of H-pyrrole nitrogens is 1. The van der Waals surface area contributed by atoms with Crippen LogP contribution in [0.5, 0.6) is 5.75 Å². The first-order valence-electron chi connectivity index (χ1n) is 8.11. The first kappa shape index (κ1) is 18.7. The number of nitrogens with one attached hydrogen (secondary N) is 1. The van der Waals surface area contributed by atoms with Crippen LogP contribution in [-0.4, -0.2) is 34.2 Å². The van der Waals surface area contributed by atoms with E-state index in [0.29, 0.717) is 11.3 Å². The number of methoxy groups -OCH3 is 1. The lowest BCUT2D eigenvalue weighted by Gasteiger charge is -2.14. The van der Waals surface area contributed by atoms with Crippen LogP contribution in [0.1, 0.15) is 20.7 Å². The van der Waals surface area contributed by atoms with Gasteiger partial charge in [0.2, 0.25) is 0 Å². The second-order valence-corrected chi connectivity index (χ2v) is 5.88. The zero-order valence-electron chi connectivity index (χ0n) is 14.7. The summed E-state index contributed by atoms with van der Waals surface area (Å²) < 4.78 is 5.34. The van der Waals surface area contributed by atoms with Crippen molar-refractivity contribution in [3.8, 4) is 28.0 Å². The van der Waals surface area contributed by atoms with Crippen LogP contribution in [0.15, 0.2) is 53.3 Å². The first-order chi connectivity index (χ1) is 13.3. The highest BCUT2D eigenvalue weighted by molar-refractivity contribution is 6.07. The lowest BCUT2D eigenvalue weighted by Crippen LogP contribution is -2.24. The van der Waals surface area contributed by atoms with Gasteiger partial charge in [0.1, 0.15) is 22.7 Å². The van der Waals surface area contributed by atoms with Gasteiger partial charge in [0.15, 0.2) is 0 Å². The maximum Gasteiger partial charge on any atom is 0.342 e. The Bertz CT molecular complexity index is 1150. The Morgan fingerprint density at radius 2 is 1.61 bits per heavy atom. The Kier molecular flexibility index (Phi) is 4.86. The van der Waals surface area contributed by atoms with Crippen LogP contribution in [-0.2, 0) is 0 Å². The molecule has 8 heteroatoms. The third kappa shape index (κ3) is 3.18. The molecule has 28 heavy (non-hydrogen) atoms. The molecule has 0 radical (unpaired) electrons. The number of hydrogen-bond donors (Lipinski definition) is 4. The van der Waals surface area contributed by atoms with Gasteiger partial charge in [0.25, 0.3) is 5.56 Å².